The number of aromatic nitrogens is 3. The zero-order chi connectivity index (χ0) is 14.1. The van der Waals surface area contributed by atoms with Crippen LogP contribution in [0.2, 0.25) is 0 Å². The van der Waals surface area contributed by atoms with Gasteiger partial charge in [-0.05, 0) is 23.8 Å². The van der Waals surface area contributed by atoms with Crippen molar-refractivity contribution >= 4 is 17.1 Å². The number of pyridine rings is 1. The van der Waals surface area contributed by atoms with Crippen LogP contribution in [0.4, 0.5) is 5.69 Å². The van der Waals surface area contributed by atoms with E-state index in [-0.39, 0.29) is 0 Å². The summed E-state index contributed by atoms with van der Waals surface area (Å²) in [6, 6.07) is 5.80. The van der Waals surface area contributed by atoms with Gasteiger partial charge < -0.3 is 11.1 Å². The molecule has 0 radical (unpaired) electrons. The Morgan fingerprint density at radius 1 is 1.30 bits per heavy atom. The molecule has 3 aromatic rings. The molecule has 6 heteroatoms. The van der Waals surface area contributed by atoms with Gasteiger partial charge in [-0.3, -0.25) is 9.78 Å². The summed E-state index contributed by atoms with van der Waals surface area (Å²) in [6.07, 6.45) is 6.84. The molecule has 0 bridgehead atoms. The summed E-state index contributed by atoms with van der Waals surface area (Å²) in [6.45, 7) is 0. The van der Waals surface area contributed by atoms with Gasteiger partial charge in [-0.25, -0.2) is 4.52 Å². The number of primary amides is 1. The molecule has 0 spiro atoms. The van der Waals surface area contributed by atoms with E-state index in [2.05, 4.69) is 15.4 Å². The molecule has 0 aliphatic carbocycles. The van der Waals surface area contributed by atoms with E-state index in [0.29, 0.717) is 11.3 Å². The zero-order valence-corrected chi connectivity index (χ0v) is 10.9. The lowest BCUT2D eigenvalue weighted by Gasteiger charge is -2.07. The van der Waals surface area contributed by atoms with Gasteiger partial charge in [0.15, 0.2) is 0 Å². The minimum absolute atomic E-state index is 0.374. The van der Waals surface area contributed by atoms with Crippen molar-refractivity contribution in [3.05, 3.63) is 48.5 Å². The molecule has 3 N–H and O–H groups in total. The Kier molecular flexibility index (Phi) is 2.83. The number of fused-ring (bicyclic) bond motifs is 1. The summed E-state index contributed by atoms with van der Waals surface area (Å²) in [4.78, 5) is 15.4. The first-order valence-corrected chi connectivity index (χ1v) is 6.10. The van der Waals surface area contributed by atoms with Crippen LogP contribution in [0.5, 0.6) is 0 Å². The van der Waals surface area contributed by atoms with Crippen LogP contribution in [-0.2, 0) is 0 Å². The van der Waals surface area contributed by atoms with Crippen molar-refractivity contribution in [2.24, 2.45) is 5.73 Å². The zero-order valence-electron chi connectivity index (χ0n) is 10.9. The number of nitrogens with zero attached hydrogens (tertiary/aromatic N) is 3. The van der Waals surface area contributed by atoms with Gasteiger partial charge in [-0.1, -0.05) is 0 Å². The lowest BCUT2D eigenvalue weighted by Crippen LogP contribution is -2.15. The third-order valence-corrected chi connectivity index (χ3v) is 3.17. The molecule has 0 saturated heterocycles. The highest BCUT2D eigenvalue weighted by atomic mass is 16.1. The Morgan fingerprint density at radius 3 is 2.70 bits per heavy atom. The summed E-state index contributed by atoms with van der Waals surface area (Å²) >= 11 is 0. The van der Waals surface area contributed by atoms with Crippen LogP contribution in [0.1, 0.15) is 10.4 Å². The average Bonchev–Trinajstić information content (AvgIpc) is 2.91. The van der Waals surface area contributed by atoms with Crippen LogP contribution in [0.25, 0.3) is 16.6 Å². The number of nitrogens with two attached hydrogens (primary N) is 1. The SMILES string of the molecule is CNc1c(C(N)=O)cnn2cc(-c3ccncc3)cc12. The summed E-state index contributed by atoms with van der Waals surface area (Å²) in [5, 5.41) is 7.23. The summed E-state index contributed by atoms with van der Waals surface area (Å²) in [5.41, 5.74) is 9.25. The molecule has 0 fully saturated rings. The van der Waals surface area contributed by atoms with E-state index in [4.69, 9.17) is 5.73 Å². The smallest absolute Gasteiger partial charge is 0.252 e. The fraction of sp³-hybridized carbons (Fsp3) is 0.0714. The second kappa shape index (κ2) is 4.65. The molecule has 0 aliphatic heterocycles. The number of anilines is 1. The van der Waals surface area contributed by atoms with Gasteiger partial charge in [0.05, 0.1) is 23.0 Å². The molecule has 3 aromatic heterocycles. The second-order valence-corrected chi connectivity index (χ2v) is 4.34. The van der Waals surface area contributed by atoms with Crippen LogP contribution in [0.15, 0.2) is 43.0 Å². The number of nitrogens with one attached hydrogen (secondary N) is 1. The quantitative estimate of drug-likeness (QED) is 0.753. The molecular formula is C14H13N5O. The maximum atomic E-state index is 11.4. The molecular weight excluding hydrogens is 254 g/mol. The monoisotopic (exact) mass is 267 g/mol. The number of rotatable bonds is 3. The molecule has 3 rings (SSSR count). The van der Waals surface area contributed by atoms with Gasteiger partial charge in [-0.15, -0.1) is 0 Å². The van der Waals surface area contributed by atoms with E-state index in [0.717, 1.165) is 16.6 Å². The molecule has 0 aliphatic rings. The van der Waals surface area contributed by atoms with E-state index in [9.17, 15) is 4.79 Å². The minimum Gasteiger partial charge on any atom is -0.386 e. The molecule has 3 heterocycles. The predicted octanol–water partition coefficient (Wildman–Crippen LogP) is 1.54. The van der Waals surface area contributed by atoms with Crippen molar-refractivity contribution in [3.8, 4) is 11.1 Å². The standard InChI is InChI=1S/C14H13N5O/c1-16-13-11(14(15)20)7-18-19-8-10(6-12(13)19)9-2-4-17-5-3-9/h2-8,16H,1H3,(H2,15,20). The highest BCUT2D eigenvalue weighted by molar-refractivity contribution is 6.02. The van der Waals surface area contributed by atoms with Crippen LogP contribution in [0.3, 0.4) is 0 Å². The van der Waals surface area contributed by atoms with Crippen LogP contribution >= 0.6 is 0 Å². The lowest BCUT2D eigenvalue weighted by atomic mass is 10.1. The molecule has 0 atom stereocenters. The van der Waals surface area contributed by atoms with Gasteiger partial charge in [0, 0.05) is 31.2 Å². The summed E-state index contributed by atoms with van der Waals surface area (Å²) in [5.74, 6) is -0.504. The Morgan fingerprint density at radius 2 is 2.05 bits per heavy atom. The Bertz CT molecular complexity index is 779. The third kappa shape index (κ3) is 1.87. The Hall–Kier alpha value is -2.89. The normalized spacial score (nSPS) is 10.7. The predicted molar refractivity (Wildman–Crippen MR) is 76.5 cm³/mol. The fourth-order valence-corrected chi connectivity index (χ4v) is 2.21. The fourth-order valence-electron chi connectivity index (χ4n) is 2.21. The Balaban J connectivity index is 2.23. The molecule has 0 saturated carbocycles. The van der Waals surface area contributed by atoms with Crippen LogP contribution in [-0.4, -0.2) is 27.6 Å². The van der Waals surface area contributed by atoms with E-state index >= 15 is 0 Å². The number of hydrogen-bond acceptors (Lipinski definition) is 4. The summed E-state index contributed by atoms with van der Waals surface area (Å²) < 4.78 is 1.72. The average molecular weight is 267 g/mol. The van der Waals surface area contributed by atoms with Gasteiger partial charge in [0.2, 0.25) is 0 Å². The maximum absolute atomic E-state index is 11.4. The third-order valence-electron chi connectivity index (χ3n) is 3.17. The van der Waals surface area contributed by atoms with E-state index in [1.165, 1.54) is 6.20 Å². The molecule has 20 heavy (non-hydrogen) atoms. The van der Waals surface area contributed by atoms with Crippen molar-refractivity contribution in [1.29, 1.82) is 0 Å². The Labute approximate surface area is 115 Å². The molecule has 1 amide bonds. The van der Waals surface area contributed by atoms with E-state index < -0.39 is 5.91 Å². The summed E-state index contributed by atoms with van der Waals surface area (Å²) in [7, 11) is 1.75. The highest BCUT2D eigenvalue weighted by Crippen LogP contribution is 2.27. The number of amides is 1. The highest BCUT2D eigenvalue weighted by Gasteiger charge is 2.14. The molecule has 0 aromatic carbocycles. The van der Waals surface area contributed by atoms with E-state index in [1.807, 2.05) is 24.4 Å². The van der Waals surface area contributed by atoms with Crippen LogP contribution in [0, 0.1) is 0 Å². The topological polar surface area (TPSA) is 85.3 Å². The lowest BCUT2D eigenvalue weighted by molar-refractivity contribution is 0.100. The first-order chi connectivity index (χ1) is 9.70. The molecule has 0 unspecified atom stereocenters. The number of carbonyl (C=O) groups excluding carboxylic acids is 1. The molecule has 6 nitrogen and oxygen atoms in total. The first-order valence-electron chi connectivity index (χ1n) is 6.10. The van der Waals surface area contributed by atoms with Crippen molar-refractivity contribution in [2.75, 3.05) is 12.4 Å². The van der Waals surface area contributed by atoms with Crippen molar-refractivity contribution < 1.29 is 4.79 Å². The second-order valence-electron chi connectivity index (χ2n) is 4.34. The van der Waals surface area contributed by atoms with Gasteiger partial charge in [0.1, 0.15) is 0 Å². The largest absolute Gasteiger partial charge is 0.386 e. The van der Waals surface area contributed by atoms with Crippen LogP contribution < -0.4 is 11.1 Å². The van der Waals surface area contributed by atoms with Gasteiger partial charge in [0.25, 0.3) is 5.91 Å². The van der Waals surface area contributed by atoms with Crippen molar-refractivity contribution in [2.45, 2.75) is 0 Å². The van der Waals surface area contributed by atoms with Crippen molar-refractivity contribution in [3.63, 3.8) is 0 Å². The number of carbonyl (C=O) groups is 1. The maximum Gasteiger partial charge on any atom is 0.252 e. The molecule has 100 valence electrons. The van der Waals surface area contributed by atoms with Crippen molar-refractivity contribution in [1.82, 2.24) is 14.6 Å². The van der Waals surface area contributed by atoms with E-state index in [1.54, 1.807) is 24.0 Å². The number of hydrogen-bond donors (Lipinski definition) is 2. The van der Waals surface area contributed by atoms with Gasteiger partial charge in [-0.2, -0.15) is 5.10 Å². The minimum atomic E-state index is -0.504. The first kappa shape index (κ1) is 12.2. The van der Waals surface area contributed by atoms with Gasteiger partial charge >= 0.3 is 0 Å².